The first-order valence-corrected chi connectivity index (χ1v) is 8.88. The molecule has 2 aromatic rings. The number of urea groups is 1. The van der Waals surface area contributed by atoms with Gasteiger partial charge in [0.2, 0.25) is 0 Å². The molecule has 126 valence electrons. The molecule has 24 heavy (non-hydrogen) atoms. The van der Waals surface area contributed by atoms with Gasteiger partial charge in [-0.05, 0) is 31.0 Å². The number of ether oxygens (including phenoxy) is 1. The van der Waals surface area contributed by atoms with E-state index in [0.29, 0.717) is 26.1 Å². The van der Waals surface area contributed by atoms with Crippen LogP contribution in [0.3, 0.4) is 0 Å². The van der Waals surface area contributed by atoms with Crippen molar-refractivity contribution >= 4 is 39.4 Å². The second-order valence-electron chi connectivity index (χ2n) is 6.23. The summed E-state index contributed by atoms with van der Waals surface area (Å²) in [4.78, 5) is 29.9. The molecule has 0 aliphatic carbocycles. The summed E-state index contributed by atoms with van der Waals surface area (Å²) < 4.78 is 6.54. The Morgan fingerprint density at radius 2 is 2.29 bits per heavy atom. The lowest BCUT2D eigenvalue weighted by Crippen LogP contribution is -2.38. The molecule has 1 atom stereocenters. The van der Waals surface area contributed by atoms with Crippen molar-refractivity contribution in [3.05, 3.63) is 23.7 Å². The fourth-order valence-corrected chi connectivity index (χ4v) is 3.95. The average molecular weight is 346 g/mol. The molecule has 1 aromatic heterocycles. The Kier molecular flexibility index (Phi) is 3.76. The van der Waals surface area contributed by atoms with Crippen molar-refractivity contribution in [2.24, 2.45) is 0 Å². The van der Waals surface area contributed by atoms with E-state index in [1.165, 1.54) is 0 Å². The van der Waals surface area contributed by atoms with E-state index in [4.69, 9.17) is 4.74 Å². The topological polar surface area (TPSA) is 83.6 Å². The van der Waals surface area contributed by atoms with Gasteiger partial charge in [0.05, 0.1) is 22.3 Å². The van der Waals surface area contributed by atoms with Crippen molar-refractivity contribution < 1.29 is 14.3 Å². The zero-order valence-corrected chi connectivity index (χ0v) is 13.9. The fourth-order valence-electron chi connectivity index (χ4n) is 3.29. The maximum absolute atomic E-state index is 12.5. The SMILES string of the molecule is O=C1NC[C@@]2(CCCN(C(=O)Nc3ccc4scnc4c3)CC2)O1. The van der Waals surface area contributed by atoms with Gasteiger partial charge < -0.3 is 20.3 Å². The number of hydrogen-bond acceptors (Lipinski definition) is 5. The molecule has 0 saturated carbocycles. The molecule has 7 nitrogen and oxygen atoms in total. The Morgan fingerprint density at radius 1 is 1.38 bits per heavy atom. The summed E-state index contributed by atoms with van der Waals surface area (Å²) in [6.45, 7) is 1.76. The van der Waals surface area contributed by atoms with Gasteiger partial charge in [-0.25, -0.2) is 14.6 Å². The number of benzene rings is 1. The van der Waals surface area contributed by atoms with Crippen molar-refractivity contribution in [2.45, 2.75) is 24.9 Å². The summed E-state index contributed by atoms with van der Waals surface area (Å²) in [7, 11) is 0. The second-order valence-corrected chi connectivity index (χ2v) is 7.12. The minimum atomic E-state index is -0.453. The molecule has 2 fully saturated rings. The number of aromatic nitrogens is 1. The molecule has 3 amide bonds. The first-order valence-electron chi connectivity index (χ1n) is 8.00. The molecule has 0 bridgehead atoms. The van der Waals surface area contributed by atoms with E-state index in [-0.39, 0.29) is 12.1 Å². The number of thiazole rings is 1. The third kappa shape index (κ3) is 2.89. The molecular formula is C16H18N4O3S. The quantitative estimate of drug-likeness (QED) is 0.832. The van der Waals surface area contributed by atoms with Crippen LogP contribution in [0, 0.1) is 0 Å². The Hall–Kier alpha value is -2.35. The van der Waals surface area contributed by atoms with Crippen molar-refractivity contribution in [1.82, 2.24) is 15.2 Å². The number of rotatable bonds is 1. The number of hydrogen-bond donors (Lipinski definition) is 2. The predicted octanol–water partition coefficient (Wildman–Crippen LogP) is 2.79. The Morgan fingerprint density at radius 3 is 3.12 bits per heavy atom. The van der Waals surface area contributed by atoms with Crippen LogP contribution < -0.4 is 10.6 Å². The van der Waals surface area contributed by atoms with Gasteiger partial charge in [0.1, 0.15) is 5.60 Å². The van der Waals surface area contributed by atoms with Crippen molar-refractivity contribution in [3.63, 3.8) is 0 Å². The number of amides is 3. The number of fused-ring (bicyclic) bond motifs is 1. The highest BCUT2D eigenvalue weighted by molar-refractivity contribution is 7.16. The summed E-state index contributed by atoms with van der Waals surface area (Å²) in [6.07, 6.45) is 1.89. The molecule has 1 spiro atoms. The number of nitrogens with zero attached hydrogens (tertiary/aromatic N) is 2. The third-order valence-corrected chi connectivity index (χ3v) is 5.44. The van der Waals surface area contributed by atoms with Crippen LogP contribution in [0.2, 0.25) is 0 Å². The van der Waals surface area contributed by atoms with Crippen LogP contribution >= 0.6 is 11.3 Å². The van der Waals surface area contributed by atoms with Gasteiger partial charge >= 0.3 is 12.1 Å². The average Bonchev–Trinajstić information content (AvgIpc) is 3.10. The zero-order chi connectivity index (χ0) is 16.6. The molecule has 2 aliphatic rings. The summed E-state index contributed by atoms with van der Waals surface area (Å²) in [6, 6.07) is 5.61. The minimum absolute atomic E-state index is 0.126. The summed E-state index contributed by atoms with van der Waals surface area (Å²) in [5, 5.41) is 5.66. The van der Waals surface area contributed by atoms with Gasteiger partial charge in [0, 0.05) is 25.2 Å². The summed E-state index contributed by atoms with van der Waals surface area (Å²) >= 11 is 1.57. The number of carbonyl (C=O) groups excluding carboxylic acids is 2. The zero-order valence-electron chi connectivity index (χ0n) is 13.1. The standard InChI is InChI=1S/C16H18N4O3S/c21-14(19-11-2-3-13-12(8-11)18-10-24-13)20-6-1-4-16(5-7-20)9-17-15(22)23-16/h2-3,8,10H,1,4-7,9H2,(H,17,22)(H,19,21)/t16-/m0/s1. The lowest BCUT2D eigenvalue weighted by molar-refractivity contribution is 0.0454. The smallest absolute Gasteiger partial charge is 0.407 e. The van der Waals surface area contributed by atoms with Gasteiger partial charge in [0.25, 0.3) is 0 Å². The molecule has 0 radical (unpaired) electrons. The fraction of sp³-hybridized carbons (Fsp3) is 0.438. The molecular weight excluding hydrogens is 328 g/mol. The first-order chi connectivity index (χ1) is 11.6. The number of likely N-dealkylation sites (tertiary alicyclic amines) is 1. The highest BCUT2D eigenvalue weighted by atomic mass is 32.1. The Balaban J connectivity index is 1.41. The second kappa shape index (κ2) is 5.94. The van der Waals surface area contributed by atoms with Crippen LogP contribution in [0.15, 0.2) is 23.7 Å². The van der Waals surface area contributed by atoms with Gasteiger partial charge in [0.15, 0.2) is 0 Å². The molecule has 0 unspecified atom stereocenters. The van der Waals surface area contributed by atoms with E-state index in [9.17, 15) is 9.59 Å². The van der Waals surface area contributed by atoms with Crippen LogP contribution in [-0.2, 0) is 4.74 Å². The van der Waals surface area contributed by atoms with Crippen molar-refractivity contribution in [3.8, 4) is 0 Å². The number of nitrogens with one attached hydrogen (secondary N) is 2. The van der Waals surface area contributed by atoms with E-state index in [2.05, 4.69) is 15.6 Å². The van der Waals surface area contributed by atoms with E-state index < -0.39 is 5.60 Å². The minimum Gasteiger partial charge on any atom is -0.441 e. The van der Waals surface area contributed by atoms with E-state index in [1.807, 2.05) is 18.2 Å². The Labute approximate surface area is 143 Å². The number of carbonyl (C=O) groups is 2. The first kappa shape index (κ1) is 15.2. The van der Waals surface area contributed by atoms with Gasteiger partial charge in [-0.2, -0.15) is 0 Å². The van der Waals surface area contributed by atoms with E-state index in [1.54, 1.807) is 21.7 Å². The van der Waals surface area contributed by atoms with Crippen LogP contribution in [0.1, 0.15) is 19.3 Å². The lowest BCUT2D eigenvalue weighted by Gasteiger charge is -2.25. The summed E-state index contributed by atoms with van der Waals surface area (Å²) in [5.41, 5.74) is 2.97. The van der Waals surface area contributed by atoms with Gasteiger partial charge in [-0.3, -0.25) is 0 Å². The molecule has 2 N–H and O–H groups in total. The van der Waals surface area contributed by atoms with Crippen LogP contribution in [-0.4, -0.2) is 47.2 Å². The molecule has 8 heteroatoms. The van der Waals surface area contributed by atoms with E-state index in [0.717, 1.165) is 28.7 Å². The van der Waals surface area contributed by atoms with E-state index >= 15 is 0 Å². The van der Waals surface area contributed by atoms with Crippen LogP contribution in [0.4, 0.5) is 15.3 Å². The molecule has 3 heterocycles. The van der Waals surface area contributed by atoms with Crippen LogP contribution in [0.25, 0.3) is 10.2 Å². The van der Waals surface area contributed by atoms with Gasteiger partial charge in [-0.15, -0.1) is 11.3 Å². The molecule has 4 rings (SSSR count). The maximum Gasteiger partial charge on any atom is 0.407 e. The molecule has 2 aliphatic heterocycles. The Bertz CT molecular complexity index is 792. The van der Waals surface area contributed by atoms with Crippen molar-refractivity contribution in [2.75, 3.05) is 25.0 Å². The molecule has 2 saturated heterocycles. The highest BCUT2D eigenvalue weighted by Crippen LogP contribution is 2.29. The maximum atomic E-state index is 12.5. The van der Waals surface area contributed by atoms with Crippen molar-refractivity contribution in [1.29, 1.82) is 0 Å². The normalized spacial score (nSPS) is 23.8. The highest BCUT2D eigenvalue weighted by Gasteiger charge is 2.41. The monoisotopic (exact) mass is 346 g/mol. The number of alkyl carbamates (subject to hydrolysis) is 1. The molecule has 1 aromatic carbocycles. The third-order valence-electron chi connectivity index (χ3n) is 4.63. The van der Waals surface area contributed by atoms with Crippen LogP contribution in [0.5, 0.6) is 0 Å². The lowest BCUT2D eigenvalue weighted by atomic mass is 9.95. The van der Waals surface area contributed by atoms with Gasteiger partial charge in [-0.1, -0.05) is 0 Å². The summed E-state index contributed by atoms with van der Waals surface area (Å²) in [5.74, 6) is 0. The largest absolute Gasteiger partial charge is 0.441 e. The predicted molar refractivity (Wildman–Crippen MR) is 91.3 cm³/mol. The number of anilines is 1.